The first-order chi connectivity index (χ1) is 8.45. The summed E-state index contributed by atoms with van der Waals surface area (Å²) in [4.78, 5) is 26.5. The number of nitrogens with one attached hydrogen (secondary N) is 1. The predicted octanol–water partition coefficient (Wildman–Crippen LogP) is 2.56. The van der Waals surface area contributed by atoms with E-state index < -0.39 is 5.54 Å². The molecule has 0 radical (unpaired) electrons. The van der Waals surface area contributed by atoms with Crippen molar-refractivity contribution in [2.75, 3.05) is 6.54 Å². The Morgan fingerprint density at radius 1 is 1.44 bits per heavy atom. The Balaban J connectivity index is 2.18. The van der Waals surface area contributed by atoms with Crippen LogP contribution in [0.25, 0.3) is 0 Å². The van der Waals surface area contributed by atoms with Crippen LogP contribution < -0.4 is 5.32 Å². The topological polar surface area (TPSA) is 49.4 Å². The normalized spacial score (nSPS) is 23.9. The molecule has 0 saturated carbocycles. The van der Waals surface area contributed by atoms with Gasteiger partial charge in [0.05, 0.1) is 0 Å². The van der Waals surface area contributed by atoms with Gasteiger partial charge < -0.3 is 5.32 Å². The SMILES string of the molecule is CC(C)CCN1C(=O)N[C@](C)(c2cccs2)C1=O. The smallest absolute Gasteiger partial charge is 0.319 e. The van der Waals surface area contributed by atoms with Crippen LogP contribution in [0.4, 0.5) is 4.79 Å². The molecule has 98 valence electrons. The maximum Gasteiger partial charge on any atom is 0.325 e. The van der Waals surface area contributed by atoms with Crippen LogP contribution in [-0.2, 0) is 10.3 Å². The lowest BCUT2D eigenvalue weighted by Crippen LogP contribution is -2.40. The lowest BCUT2D eigenvalue weighted by atomic mass is 10.0. The van der Waals surface area contributed by atoms with E-state index in [0.717, 1.165) is 11.3 Å². The fourth-order valence-corrected chi connectivity index (χ4v) is 2.85. The van der Waals surface area contributed by atoms with Crippen molar-refractivity contribution in [3.63, 3.8) is 0 Å². The highest BCUT2D eigenvalue weighted by atomic mass is 32.1. The first-order valence-corrected chi connectivity index (χ1v) is 7.01. The molecule has 1 saturated heterocycles. The lowest BCUT2D eigenvalue weighted by Gasteiger charge is -2.20. The van der Waals surface area contributed by atoms with Gasteiger partial charge in [-0.05, 0) is 30.7 Å². The molecule has 1 aromatic heterocycles. The summed E-state index contributed by atoms with van der Waals surface area (Å²) in [7, 11) is 0. The molecule has 1 atom stereocenters. The zero-order chi connectivity index (χ0) is 13.3. The van der Waals surface area contributed by atoms with Crippen LogP contribution in [0.5, 0.6) is 0 Å². The van der Waals surface area contributed by atoms with E-state index >= 15 is 0 Å². The molecule has 1 N–H and O–H groups in total. The van der Waals surface area contributed by atoms with Gasteiger partial charge in [-0.1, -0.05) is 19.9 Å². The van der Waals surface area contributed by atoms with Gasteiger partial charge in [0.2, 0.25) is 0 Å². The molecule has 0 spiro atoms. The summed E-state index contributed by atoms with van der Waals surface area (Å²) < 4.78 is 0. The molecule has 1 aliphatic rings. The van der Waals surface area contributed by atoms with Crippen molar-refractivity contribution in [3.8, 4) is 0 Å². The average molecular weight is 266 g/mol. The maximum atomic E-state index is 12.4. The van der Waals surface area contributed by atoms with Crippen LogP contribution in [-0.4, -0.2) is 23.4 Å². The standard InChI is InChI=1S/C13H18N2O2S/c1-9(2)6-7-15-11(16)13(3,14-12(15)17)10-5-4-8-18-10/h4-5,8-9H,6-7H2,1-3H3,(H,14,17)/t13-/m1/s1. The monoisotopic (exact) mass is 266 g/mol. The van der Waals surface area contributed by atoms with Crippen LogP contribution in [0.15, 0.2) is 17.5 Å². The molecule has 4 nitrogen and oxygen atoms in total. The van der Waals surface area contributed by atoms with Crippen molar-refractivity contribution in [1.82, 2.24) is 10.2 Å². The molecule has 3 amide bonds. The quantitative estimate of drug-likeness (QED) is 0.851. The largest absolute Gasteiger partial charge is 0.325 e. The highest BCUT2D eigenvalue weighted by Gasteiger charge is 2.49. The summed E-state index contributed by atoms with van der Waals surface area (Å²) in [6.07, 6.45) is 0.833. The zero-order valence-electron chi connectivity index (χ0n) is 10.9. The van der Waals surface area contributed by atoms with Crippen LogP contribution >= 0.6 is 11.3 Å². The van der Waals surface area contributed by atoms with E-state index in [4.69, 9.17) is 0 Å². The van der Waals surface area contributed by atoms with Crippen molar-refractivity contribution in [2.24, 2.45) is 5.92 Å². The van der Waals surface area contributed by atoms with Gasteiger partial charge in [0, 0.05) is 11.4 Å². The van der Waals surface area contributed by atoms with E-state index in [0.29, 0.717) is 12.5 Å². The van der Waals surface area contributed by atoms with Crippen LogP contribution in [0.1, 0.15) is 32.1 Å². The first-order valence-electron chi connectivity index (χ1n) is 6.13. The van der Waals surface area contributed by atoms with Crippen LogP contribution in [0.2, 0.25) is 0 Å². The van der Waals surface area contributed by atoms with Gasteiger partial charge in [0.15, 0.2) is 5.54 Å². The van der Waals surface area contributed by atoms with Gasteiger partial charge in [-0.25, -0.2) is 4.79 Å². The third kappa shape index (κ3) is 2.14. The second-order valence-corrected chi connectivity index (χ2v) is 6.12. The molecule has 0 aromatic carbocycles. The molecule has 1 fully saturated rings. The Morgan fingerprint density at radius 2 is 2.17 bits per heavy atom. The number of carbonyl (C=O) groups is 2. The van der Waals surface area contributed by atoms with Crippen LogP contribution in [0, 0.1) is 5.92 Å². The molecule has 0 bridgehead atoms. The van der Waals surface area contributed by atoms with E-state index in [1.165, 1.54) is 16.2 Å². The van der Waals surface area contributed by atoms with E-state index in [-0.39, 0.29) is 11.9 Å². The molecule has 5 heteroatoms. The van der Waals surface area contributed by atoms with Gasteiger partial charge in [-0.2, -0.15) is 0 Å². The van der Waals surface area contributed by atoms with Gasteiger partial charge in [0.1, 0.15) is 0 Å². The van der Waals surface area contributed by atoms with E-state index in [1.807, 2.05) is 17.5 Å². The minimum absolute atomic E-state index is 0.143. The molecule has 0 unspecified atom stereocenters. The molecule has 1 aromatic rings. The Labute approximate surface area is 111 Å². The van der Waals surface area contributed by atoms with E-state index in [1.54, 1.807) is 6.92 Å². The van der Waals surface area contributed by atoms with Crippen molar-refractivity contribution < 1.29 is 9.59 Å². The molecule has 1 aliphatic heterocycles. The summed E-state index contributed by atoms with van der Waals surface area (Å²) in [5.41, 5.74) is -0.887. The minimum atomic E-state index is -0.887. The number of imide groups is 1. The number of nitrogens with zero attached hydrogens (tertiary/aromatic N) is 1. The van der Waals surface area contributed by atoms with Crippen molar-refractivity contribution >= 4 is 23.3 Å². The van der Waals surface area contributed by atoms with E-state index in [2.05, 4.69) is 19.2 Å². The summed E-state index contributed by atoms with van der Waals surface area (Å²) in [5, 5.41) is 4.72. The Hall–Kier alpha value is -1.36. The van der Waals surface area contributed by atoms with Gasteiger partial charge in [-0.15, -0.1) is 11.3 Å². The van der Waals surface area contributed by atoms with Crippen molar-refractivity contribution in [2.45, 2.75) is 32.7 Å². The lowest BCUT2D eigenvalue weighted by molar-refractivity contribution is -0.131. The number of carbonyl (C=O) groups excluding carboxylic acids is 2. The molecule has 18 heavy (non-hydrogen) atoms. The molecule has 0 aliphatic carbocycles. The number of urea groups is 1. The van der Waals surface area contributed by atoms with Gasteiger partial charge in [0.25, 0.3) is 5.91 Å². The average Bonchev–Trinajstić information content (AvgIpc) is 2.87. The molecular weight excluding hydrogens is 248 g/mol. The van der Waals surface area contributed by atoms with Crippen LogP contribution in [0.3, 0.4) is 0 Å². The number of hydrogen-bond acceptors (Lipinski definition) is 3. The predicted molar refractivity (Wildman–Crippen MR) is 71.4 cm³/mol. The number of rotatable bonds is 4. The second kappa shape index (κ2) is 4.72. The summed E-state index contributed by atoms with van der Waals surface area (Å²) in [6, 6.07) is 3.49. The highest BCUT2D eigenvalue weighted by molar-refractivity contribution is 7.10. The zero-order valence-corrected chi connectivity index (χ0v) is 11.7. The van der Waals surface area contributed by atoms with Gasteiger partial charge >= 0.3 is 6.03 Å². The minimum Gasteiger partial charge on any atom is -0.319 e. The molecular formula is C13H18N2O2S. The molecule has 2 heterocycles. The molecule has 2 rings (SSSR count). The highest BCUT2D eigenvalue weighted by Crippen LogP contribution is 2.31. The third-order valence-electron chi connectivity index (χ3n) is 3.22. The summed E-state index contributed by atoms with van der Waals surface area (Å²) in [5.74, 6) is 0.329. The van der Waals surface area contributed by atoms with Crippen molar-refractivity contribution in [3.05, 3.63) is 22.4 Å². The second-order valence-electron chi connectivity index (χ2n) is 5.17. The fourth-order valence-electron chi connectivity index (χ4n) is 2.02. The maximum absolute atomic E-state index is 12.4. The summed E-state index contributed by atoms with van der Waals surface area (Å²) in [6.45, 7) is 6.42. The van der Waals surface area contributed by atoms with Crippen molar-refractivity contribution in [1.29, 1.82) is 0 Å². The fraction of sp³-hybridized carbons (Fsp3) is 0.538. The third-order valence-corrected chi connectivity index (χ3v) is 4.31. The number of hydrogen-bond donors (Lipinski definition) is 1. The first kappa shape index (κ1) is 13.1. The van der Waals surface area contributed by atoms with Gasteiger partial charge in [-0.3, -0.25) is 9.69 Å². The Morgan fingerprint density at radius 3 is 2.72 bits per heavy atom. The number of thiophene rings is 1. The Bertz CT molecular complexity index is 456. The Kier molecular flexibility index (Phi) is 3.43. The summed E-state index contributed by atoms with van der Waals surface area (Å²) >= 11 is 1.49. The van der Waals surface area contributed by atoms with E-state index in [9.17, 15) is 9.59 Å². The number of amides is 3.